The van der Waals surface area contributed by atoms with Crippen molar-refractivity contribution in [1.82, 2.24) is 0 Å². The number of benzene rings is 2. The lowest BCUT2D eigenvalue weighted by atomic mass is 10.1. The Balaban J connectivity index is 2.32. The zero-order valence-corrected chi connectivity index (χ0v) is 12.1. The number of hydrogen-bond donors (Lipinski definition) is 6. The number of ether oxygens (including phenoxy) is 1. The van der Waals surface area contributed by atoms with E-state index >= 15 is 0 Å². The normalized spacial score (nSPS) is 10.4. The molecule has 0 spiro atoms. The van der Waals surface area contributed by atoms with Gasteiger partial charge in [-0.3, -0.25) is 0 Å². The van der Waals surface area contributed by atoms with Crippen molar-refractivity contribution in [3.05, 3.63) is 34.9 Å². The van der Waals surface area contributed by atoms with Crippen LogP contribution >= 0.6 is 0 Å². The summed E-state index contributed by atoms with van der Waals surface area (Å²) in [6.07, 6.45) is 0. The smallest absolute Gasteiger partial charge is 0.346 e. The maximum Gasteiger partial charge on any atom is 0.346 e. The molecular formula is C15H12O9. The van der Waals surface area contributed by atoms with Crippen LogP contribution in [0.25, 0.3) is 0 Å². The lowest BCUT2D eigenvalue weighted by molar-refractivity contribution is 0.0396. The van der Waals surface area contributed by atoms with Crippen LogP contribution < -0.4 is 0 Å². The Labute approximate surface area is 134 Å². The molecule has 0 aliphatic rings. The summed E-state index contributed by atoms with van der Waals surface area (Å²) in [5.41, 5.74) is -0.955. The van der Waals surface area contributed by atoms with Crippen LogP contribution in [0, 0.1) is 6.92 Å². The molecule has 126 valence electrons. The Kier molecular flexibility index (Phi) is 4.10. The topological polar surface area (TPSA) is 165 Å². The molecule has 0 aromatic heterocycles. The highest BCUT2D eigenvalue weighted by atomic mass is 16.6. The molecule has 9 nitrogen and oxygen atoms in total. The molecule has 0 saturated carbocycles. The van der Waals surface area contributed by atoms with E-state index in [2.05, 4.69) is 4.74 Å². The van der Waals surface area contributed by atoms with Crippen LogP contribution in [-0.2, 0) is 4.74 Å². The molecule has 0 aliphatic carbocycles. The summed E-state index contributed by atoms with van der Waals surface area (Å²) in [4.78, 5) is 23.9. The van der Waals surface area contributed by atoms with E-state index in [1.807, 2.05) is 0 Å². The first-order chi connectivity index (χ1) is 11.1. The first kappa shape index (κ1) is 16.7. The van der Waals surface area contributed by atoms with Gasteiger partial charge < -0.3 is 35.4 Å². The number of rotatable bonds is 2. The number of phenolic OH excluding ortho intramolecular Hbond substituents is 6. The molecule has 0 fully saturated rings. The molecule has 0 heterocycles. The molecule has 9 heteroatoms. The molecule has 0 bridgehead atoms. The molecule has 2 aromatic carbocycles. The number of aromatic hydroxyl groups is 6. The third-order valence-electron chi connectivity index (χ3n) is 3.22. The summed E-state index contributed by atoms with van der Waals surface area (Å²) >= 11 is 0. The third kappa shape index (κ3) is 2.82. The molecule has 0 amide bonds. The van der Waals surface area contributed by atoms with E-state index in [9.17, 15) is 40.2 Å². The van der Waals surface area contributed by atoms with Gasteiger partial charge in [0.1, 0.15) is 0 Å². The second-order valence-electron chi connectivity index (χ2n) is 4.81. The van der Waals surface area contributed by atoms with Crippen LogP contribution in [0.3, 0.4) is 0 Å². The number of esters is 2. The van der Waals surface area contributed by atoms with Crippen molar-refractivity contribution in [3.63, 3.8) is 0 Å². The molecule has 0 radical (unpaired) electrons. The molecular weight excluding hydrogens is 324 g/mol. The van der Waals surface area contributed by atoms with E-state index in [0.717, 1.165) is 18.2 Å². The first-order valence-corrected chi connectivity index (χ1v) is 6.39. The maximum absolute atomic E-state index is 12.0. The van der Waals surface area contributed by atoms with E-state index in [0.29, 0.717) is 0 Å². The average molecular weight is 336 g/mol. The Hall–Kier alpha value is -3.62. The standard InChI is InChI=1S/C15H12O9/c1-5-7(4-10(18)13(21)11(5)19)15(23)24-14(22)6-2-8(16)12(20)9(17)3-6/h2-4,16-21H,1H3. The lowest BCUT2D eigenvalue weighted by Crippen LogP contribution is -2.14. The minimum Gasteiger partial charge on any atom is -0.504 e. The van der Waals surface area contributed by atoms with Crippen molar-refractivity contribution in [1.29, 1.82) is 0 Å². The van der Waals surface area contributed by atoms with Crippen molar-refractivity contribution in [2.24, 2.45) is 0 Å². The van der Waals surface area contributed by atoms with E-state index < -0.39 is 52.0 Å². The van der Waals surface area contributed by atoms with Crippen LogP contribution in [0.5, 0.6) is 34.5 Å². The summed E-state index contributed by atoms with van der Waals surface area (Å²) in [7, 11) is 0. The minimum atomic E-state index is -1.27. The lowest BCUT2D eigenvalue weighted by Gasteiger charge is -2.10. The minimum absolute atomic E-state index is 0.139. The zero-order chi connectivity index (χ0) is 18.2. The Morgan fingerprint density at radius 2 is 1.25 bits per heavy atom. The number of carbonyl (C=O) groups is 2. The van der Waals surface area contributed by atoms with Gasteiger partial charge in [0, 0.05) is 5.56 Å². The molecule has 6 N–H and O–H groups in total. The third-order valence-corrected chi connectivity index (χ3v) is 3.22. The number of hydrogen-bond acceptors (Lipinski definition) is 9. The SMILES string of the molecule is Cc1c(C(=O)OC(=O)c2cc(O)c(O)c(O)c2)cc(O)c(O)c1O. The molecule has 0 aliphatic heterocycles. The van der Waals surface area contributed by atoms with E-state index in [4.69, 9.17) is 0 Å². The Morgan fingerprint density at radius 1 is 0.750 bits per heavy atom. The van der Waals surface area contributed by atoms with Gasteiger partial charge in [0.2, 0.25) is 5.75 Å². The van der Waals surface area contributed by atoms with Crippen molar-refractivity contribution in [2.75, 3.05) is 0 Å². The predicted molar refractivity (Wildman–Crippen MR) is 77.4 cm³/mol. The van der Waals surface area contributed by atoms with E-state index in [1.165, 1.54) is 6.92 Å². The molecule has 2 aromatic rings. The van der Waals surface area contributed by atoms with Gasteiger partial charge in [0.05, 0.1) is 11.1 Å². The number of phenols is 6. The van der Waals surface area contributed by atoms with Gasteiger partial charge in [0.15, 0.2) is 28.7 Å². The number of carbonyl (C=O) groups excluding carboxylic acids is 2. The van der Waals surface area contributed by atoms with Gasteiger partial charge in [0.25, 0.3) is 0 Å². The van der Waals surface area contributed by atoms with Crippen molar-refractivity contribution >= 4 is 11.9 Å². The second-order valence-corrected chi connectivity index (χ2v) is 4.81. The Morgan fingerprint density at radius 3 is 1.79 bits per heavy atom. The highest BCUT2D eigenvalue weighted by Crippen LogP contribution is 2.39. The van der Waals surface area contributed by atoms with E-state index in [1.54, 1.807) is 0 Å². The van der Waals surface area contributed by atoms with Crippen molar-refractivity contribution in [3.8, 4) is 34.5 Å². The largest absolute Gasteiger partial charge is 0.504 e. The van der Waals surface area contributed by atoms with Crippen LogP contribution in [0.1, 0.15) is 26.3 Å². The van der Waals surface area contributed by atoms with Crippen LogP contribution in [0.4, 0.5) is 0 Å². The van der Waals surface area contributed by atoms with Gasteiger partial charge in [-0.2, -0.15) is 0 Å². The second kappa shape index (κ2) is 5.88. The molecule has 2 rings (SSSR count). The van der Waals surface area contributed by atoms with Crippen molar-refractivity contribution < 1.29 is 45.0 Å². The highest BCUT2D eigenvalue weighted by molar-refractivity contribution is 6.04. The van der Waals surface area contributed by atoms with Crippen LogP contribution in [0.15, 0.2) is 18.2 Å². The van der Waals surface area contributed by atoms with Gasteiger partial charge in [-0.05, 0) is 25.1 Å². The summed E-state index contributed by atoms with van der Waals surface area (Å²) in [5.74, 6) is -7.35. The average Bonchev–Trinajstić information content (AvgIpc) is 2.53. The van der Waals surface area contributed by atoms with Gasteiger partial charge >= 0.3 is 11.9 Å². The summed E-state index contributed by atoms with van der Waals surface area (Å²) in [6.45, 7) is 1.24. The summed E-state index contributed by atoms with van der Waals surface area (Å²) in [6, 6.07) is 2.33. The monoisotopic (exact) mass is 336 g/mol. The summed E-state index contributed by atoms with van der Waals surface area (Å²) < 4.78 is 4.52. The molecule has 24 heavy (non-hydrogen) atoms. The predicted octanol–water partition coefficient (Wildman–Crippen LogP) is 1.23. The fraction of sp³-hybridized carbons (Fsp3) is 0.0667. The van der Waals surface area contributed by atoms with Gasteiger partial charge in [-0.1, -0.05) is 0 Å². The highest BCUT2D eigenvalue weighted by Gasteiger charge is 2.23. The Bertz CT molecular complexity index is 832. The molecule has 0 atom stereocenters. The van der Waals surface area contributed by atoms with Crippen LogP contribution in [-0.4, -0.2) is 42.6 Å². The van der Waals surface area contributed by atoms with Crippen LogP contribution in [0.2, 0.25) is 0 Å². The molecule has 0 unspecified atom stereocenters. The zero-order valence-electron chi connectivity index (χ0n) is 12.1. The van der Waals surface area contributed by atoms with Crippen molar-refractivity contribution in [2.45, 2.75) is 6.92 Å². The summed E-state index contributed by atoms with van der Waals surface area (Å²) in [5, 5.41) is 56.2. The van der Waals surface area contributed by atoms with Gasteiger partial charge in [-0.25, -0.2) is 9.59 Å². The quantitative estimate of drug-likeness (QED) is 0.269. The maximum atomic E-state index is 12.0. The van der Waals surface area contributed by atoms with E-state index in [-0.39, 0.29) is 11.1 Å². The van der Waals surface area contributed by atoms with Gasteiger partial charge in [-0.15, -0.1) is 0 Å². The molecule has 0 saturated heterocycles. The first-order valence-electron chi connectivity index (χ1n) is 6.39. The fourth-order valence-electron chi connectivity index (χ4n) is 1.87. The fourth-order valence-corrected chi connectivity index (χ4v) is 1.87.